The third-order valence-electron chi connectivity index (χ3n) is 2.87. The largest absolute Gasteiger partial charge is 0.465 e. The maximum atomic E-state index is 10.8. The molecular weight excluding hydrogens is 234 g/mol. The van der Waals surface area contributed by atoms with Crippen LogP contribution in [-0.4, -0.2) is 45.2 Å². The van der Waals surface area contributed by atoms with E-state index in [1.54, 1.807) is 6.07 Å². The van der Waals surface area contributed by atoms with Crippen molar-refractivity contribution in [3.8, 4) is 6.07 Å². The van der Waals surface area contributed by atoms with Crippen LogP contribution >= 0.6 is 0 Å². The standard InChI is InChI=1S/C11H13N5O2/c12-7-10-13-4-1-9(15-10)14-8-2-5-16(6-3-8)11(17)18/h1,4,8H,2-3,5-6H2,(H,17,18)(H,13,14,15). The van der Waals surface area contributed by atoms with Gasteiger partial charge in [-0.15, -0.1) is 0 Å². The minimum absolute atomic E-state index is 0.128. The predicted molar refractivity (Wildman–Crippen MR) is 63.0 cm³/mol. The third kappa shape index (κ3) is 2.85. The summed E-state index contributed by atoms with van der Waals surface area (Å²) in [5.41, 5.74) is 0. The monoisotopic (exact) mass is 247 g/mol. The Labute approximate surface area is 104 Å². The van der Waals surface area contributed by atoms with Gasteiger partial charge in [-0.2, -0.15) is 5.26 Å². The van der Waals surface area contributed by atoms with Crippen LogP contribution in [0.1, 0.15) is 18.7 Å². The molecule has 2 N–H and O–H groups in total. The van der Waals surface area contributed by atoms with Crippen molar-refractivity contribution < 1.29 is 9.90 Å². The zero-order valence-corrected chi connectivity index (χ0v) is 9.70. The van der Waals surface area contributed by atoms with E-state index >= 15 is 0 Å². The van der Waals surface area contributed by atoms with Gasteiger partial charge in [-0.05, 0) is 18.9 Å². The lowest BCUT2D eigenvalue weighted by Gasteiger charge is -2.30. The highest BCUT2D eigenvalue weighted by Gasteiger charge is 2.22. The van der Waals surface area contributed by atoms with Gasteiger partial charge in [0, 0.05) is 25.3 Å². The first-order valence-electron chi connectivity index (χ1n) is 5.66. The minimum Gasteiger partial charge on any atom is -0.465 e. The number of amides is 1. The SMILES string of the molecule is N#Cc1nccc(NC2CCN(C(=O)O)CC2)n1. The molecule has 2 rings (SSSR count). The van der Waals surface area contributed by atoms with Crippen LogP contribution in [0.4, 0.5) is 10.6 Å². The number of nitrogens with one attached hydrogen (secondary N) is 1. The molecule has 18 heavy (non-hydrogen) atoms. The van der Waals surface area contributed by atoms with Crippen LogP contribution in [0.2, 0.25) is 0 Å². The Morgan fingerprint density at radius 2 is 2.28 bits per heavy atom. The van der Waals surface area contributed by atoms with E-state index in [0.29, 0.717) is 18.9 Å². The van der Waals surface area contributed by atoms with Gasteiger partial charge >= 0.3 is 6.09 Å². The smallest absolute Gasteiger partial charge is 0.407 e. The molecule has 1 aromatic heterocycles. The fourth-order valence-electron chi connectivity index (χ4n) is 1.92. The summed E-state index contributed by atoms with van der Waals surface area (Å²) in [5.74, 6) is 0.735. The van der Waals surface area contributed by atoms with Gasteiger partial charge in [-0.25, -0.2) is 14.8 Å². The van der Waals surface area contributed by atoms with Gasteiger partial charge in [-0.3, -0.25) is 0 Å². The highest BCUT2D eigenvalue weighted by atomic mass is 16.4. The summed E-state index contributed by atoms with van der Waals surface area (Å²) in [4.78, 5) is 20.0. The first kappa shape index (κ1) is 12.1. The van der Waals surface area contributed by atoms with E-state index < -0.39 is 6.09 Å². The van der Waals surface area contributed by atoms with Crippen LogP contribution in [0.15, 0.2) is 12.3 Å². The van der Waals surface area contributed by atoms with Gasteiger partial charge in [0.1, 0.15) is 11.9 Å². The Morgan fingerprint density at radius 1 is 1.56 bits per heavy atom. The second-order valence-corrected chi connectivity index (χ2v) is 4.07. The highest BCUT2D eigenvalue weighted by Crippen LogP contribution is 2.15. The van der Waals surface area contributed by atoms with Crippen molar-refractivity contribution in [2.75, 3.05) is 18.4 Å². The Bertz CT molecular complexity index is 477. The summed E-state index contributed by atoms with van der Waals surface area (Å²) in [5, 5.41) is 20.7. The first-order valence-corrected chi connectivity index (χ1v) is 5.66. The summed E-state index contributed by atoms with van der Waals surface area (Å²) in [6.07, 6.45) is 2.12. The third-order valence-corrected chi connectivity index (χ3v) is 2.87. The van der Waals surface area contributed by atoms with E-state index in [9.17, 15) is 4.79 Å². The molecule has 94 valence electrons. The van der Waals surface area contributed by atoms with Gasteiger partial charge in [0.2, 0.25) is 5.82 Å². The number of piperidine rings is 1. The van der Waals surface area contributed by atoms with Crippen LogP contribution in [0.25, 0.3) is 0 Å². The molecule has 0 saturated carbocycles. The number of nitriles is 1. The number of nitrogens with zero attached hydrogens (tertiary/aromatic N) is 4. The highest BCUT2D eigenvalue weighted by molar-refractivity contribution is 5.65. The van der Waals surface area contributed by atoms with Gasteiger partial charge in [0.25, 0.3) is 0 Å². The van der Waals surface area contributed by atoms with Crippen molar-refractivity contribution in [3.63, 3.8) is 0 Å². The Balaban J connectivity index is 1.91. The zero-order chi connectivity index (χ0) is 13.0. The Kier molecular flexibility index (Phi) is 3.57. The summed E-state index contributed by atoms with van der Waals surface area (Å²) in [6.45, 7) is 1.03. The summed E-state index contributed by atoms with van der Waals surface area (Å²) in [7, 11) is 0. The molecule has 7 nitrogen and oxygen atoms in total. The molecule has 1 aliphatic rings. The van der Waals surface area contributed by atoms with Crippen molar-refractivity contribution in [1.82, 2.24) is 14.9 Å². The molecule has 0 spiro atoms. The molecule has 2 heterocycles. The van der Waals surface area contributed by atoms with Crippen molar-refractivity contribution in [3.05, 3.63) is 18.1 Å². The van der Waals surface area contributed by atoms with Crippen molar-refractivity contribution in [2.45, 2.75) is 18.9 Å². The van der Waals surface area contributed by atoms with E-state index in [4.69, 9.17) is 10.4 Å². The number of carbonyl (C=O) groups is 1. The second-order valence-electron chi connectivity index (χ2n) is 4.07. The fraction of sp³-hybridized carbons (Fsp3) is 0.455. The van der Waals surface area contributed by atoms with Crippen LogP contribution in [-0.2, 0) is 0 Å². The average Bonchev–Trinajstić information content (AvgIpc) is 2.39. The van der Waals surface area contributed by atoms with Gasteiger partial charge in [0.15, 0.2) is 0 Å². The van der Waals surface area contributed by atoms with Gasteiger partial charge in [-0.1, -0.05) is 0 Å². The lowest BCUT2D eigenvalue weighted by atomic mass is 10.1. The average molecular weight is 247 g/mol. The molecule has 1 saturated heterocycles. The quantitative estimate of drug-likeness (QED) is 0.805. The van der Waals surface area contributed by atoms with Crippen LogP contribution in [0.3, 0.4) is 0 Å². The van der Waals surface area contributed by atoms with Crippen molar-refractivity contribution >= 4 is 11.9 Å². The van der Waals surface area contributed by atoms with Crippen LogP contribution < -0.4 is 5.32 Å². The summed E-state index contributed by atoms with van der Waals surface area (Å²) in [6, 6.07) is 3.76. The summed E-state index contributed by atoms with van der Waals surface area (Å²) < 4.78 is 0. The molecule has 1 fully saturated rings. The predicted octanol–water partition coefficient (Wildman–Crippen LogP) is 0.903. The number of hydrogen-bond acceptors (Lipinski definition) is 5. The molecular formula is C11H13N5O2. The molecule has 0 unspecified atom stereocenters. The molecule has 0 aromatic carbocycles. The number of carboxylic acid groups (broad SMARTS) is 1. The molecule has 0 aliphatic carbocycles. The van der Waals surface area contributed by atoms with Crippen molar-refractivity contribution in [2.24, 2.45) is 0 Å². The molecule has 1 aliphatic heterocycles. The molecule has 1 amide bonds. The number of anilines is 1. The lowest BCUT2D eigenvalue weighted by molar-refractivity contribution is 0.134. The Morgan fingerprint density at radius 3 is 2.89 bits per heavy atom. The van der Waals surface area contributed by atoms with E-state index in [2.05, 4.69) is 15.3 Å². The normalized spacial score (nSPS) is 16.1. The minimum atomic E-state index is -0.873. The Hall–Kier alpha value is -2.36. The van der Waals surface area contributed by atoms with Gasteiger partial charge < -0.3 is 15.3 Å². The second kappa shape index (κ2) is 5.31. The molecule has 0 atom stereocenters. The number of hydrogen-bond donors (Lipinski definition) is 2. The number of rotatable bonds is 2. The van der Waals surface area contributed by atoms with E-state index in [0.717, 1.165) is 12.8 Å². The fourth-order valence-corrected chi connectivity index (χ4v) is 1.92. The van der Waals surface area contributed by atoms with E-state index in [1.807, 2.05) is 6.07 Å². The number of likely N-dealkylation sites (tertiary alicyclic amines) is 1. The molecule has 7 heteroatoms. The maximum absolute atomic E-state index is 10.8. The van der Waals surface area contributed by atoms with Crippen molar-refractivity contribution in [1.29, 1.82) is 5.26 Å². The first-order chi connectivity index (χ1) is 8.69. The van der Waals surface area contributed by atoms with E-state index in [1.165, 1.54) is 11.1 Å². The topological polar surface area (TPSA) is 102 Å². The summed E-state index contributed by atoms with van der Waals surface area (Å²) >= 11 is 0. The molecule has 0 bridgehead atoms. The lowest BCUT2D eigenvalue weighted by Crippen LogP contribution is -2.41. The van der Waals surface area contributed by atoms with Gasteiger partial charge in [0.05, 0.1) is 0 Å². The number of aromatic nitrogens is 2. The van der Waals surface area contributed by atoms with E-state index in [-0.39, 0.29) is 11.9 Å². The zero-order valence-electron chi connectivity index (χ0n) is 9.70. The van der Waals surface area contributed by atoms with Crippen LogP contribution in [0, 0.1) is 11.3 Å². The maximum Gasteiger partial charge on any atom is 0.407 e. The molecule has 1 aromatic rings. The molecule has 0 radical (unpaired) electrons. The van der Waals surface area contributed by atoms with Crippen LogP contribution in [0.5, 0.6) is 0 Å².